The molecule has 0 aromatic heterocycles. The third-order valence-electron chi connectivity index (χ3n) is 4.74. The van der Waals surface area contributed by atoms with Gasteiger partial charge in [0.1, 0.15) is 5.75 Å². The lowest BCUT2D eigenvalue weighted by atomic mass is 9.66. The van der Waals surface area contributed by atoms with Gasteiger partial charge in [0, 0.05) is 11.1 Å². The van der Waals surface area contributed by atoms with Gasteiger partial charge in [-0.15, -0.1) is 0 Å². The normalized spacial score (nSPS) is 23.2. The Morgan fingerprint density at radius 1 is 1.32 bits per heavy atom. The molecule has 0 saturated heterocycles. The van der Waals surface area contributed by atoms with Gasteiger partial charge < -0.3 is 9.47 Å². The van der Waals surface area contributed by atoms with Gasteiger partial charge in [-0.3, -0.25) is 4.79 Å². The van der Waals surface area contributed by atoms with Gasteiger partial charge in [-0.25, -0.2) is 4.79 Å². The predicted octanol–water partition coefficient (Wildman–Crippen LogP) is 3.09. The van der Waals surface area contributed by atoms with Gasteiger partial charge in [-0.1, -0.05) is 6.08 Å². The summed E-state index contributed by atoms with van der Waals surface area (Å²) in [5.41, 5.74) is 1.59. The topological polar surface area (TPSA) is 52.6 Å². The molecule has 1 atom stereocenters. The van der Waals surface area contributed by atoms with E-state index in [1.165, 1.54) is 0 Å². The number of methoxy groups -OCH3 is 1. The maximum absolute atomic E-state index is 13.1. The molecule has 1 aromatic carbocycles. The Morgan fingerprint density at radius 3 is 2.86 bits per heavy atom. The Hall–Kier alpha value is -2.10. The number of Topliss-reactive ketones (excluding diaryl/α,β-unsaturated/α-hetero) is 1. The zero-order valence-corrected chi connectivity index (χ0v) is 13.0. The summed E-state index contributed by atoms with van der Waals surface area (Å²) in [6.07, 6.45) is 4.77. The van der Waals surface area contributed by atoms with E-state index in [-0.39, 0.29) is 11.8 Å². The number of rotatable bonds is 3. The molecule has 3 rings (SSSR count). The Labute approximate surface area is 130 Å². The number of ketones is 1. The summed E-state index contributed by atoms with van der Waals surface area (Å²) in [7, 11) is 1.62. The summed E-state index contributed by atoms with van der Waals surface area (Å²) >= 11 is 0. The molecular formula is C18H20O4. The molecule has 22 heavy (non-hydrogen) atoms. The second kappa shape index (κ2) is 5.59. The summed E-state index contributed by atoms with van der Waals surface area (Å²) in [4.78, 5) is 25.3. The monoisotopic (exact) mass is 300 g/mol. The number of carbonyl (C=O) groups is 2. The van der Waals surface area contributed by atoms with Gasteiger partial charge in [0.15, 0.2) is 5.78 Å². The molecule has 2 aliphatic carbocycles. The Kier molecular flexibility index (Phi) is 3.77. The second-order valence-electron chi connectivity index (χ2n) is 5.81. The minimum atomic E-state index is -0.687. The predicted molar refractivity (Wildman–Crippen MR) is 82.0 cm³/mol. The van der Waals surface area contributed by atoms with Gasteiger partial charge >= 0.3 is 5.97 Å². The molecule has 1 spiro atoms. The first kappa shape index (κ1) is 14.8. The number of hydrogen-bond acceptors (Lipinski definition) is 4. The van der Waals surface area contributed by atoms with Crippen molar-refractivity contribution in [3.8, 4) is 5.75 Å². The zero-order valence-electron chi connectivity index (χ0n) is 13.0. The number of fused-ring (bicyclic) bond motifs is 1. The molecule has 2 aliphatic rings. The third kappa shape index (κ3) is 2.14. The van der Waals surface area contributed by atoms with Gasteiger partial charge in [0.25, 0.3) is 0 Å². The Balaban J connectivity index is 1.98. The molecule has 0 radical (unpaired) electrons. The fourth-order valence-corrected chi connectivity index (χ4v) is 3.62. The van der Waals surface area contributed by atoms with Crippen LogP contribution in [0.5, 0.6) is 5.75 Å². The Bertz CT molecular complexity index is 659. The third-order valence-corrected chi connectivity index (χ3v) is 4.74. The van der Waals surface area contributed by atoms with Crippen LogP contribution in [0.3, 0.4) is 0 Å². The molecular weight excluding hydrogens is 280 g/mol. The maximum atomic E-state index is 13.1. The van der Waals surface area contributed by atoms with Crippen molar-refractivity contribution in [2.45, 2.75) is 32.6 Å². The van der Waals surface area contributed by atoms with Crippen molar-refractivity contribution < 1.29 is 19.1 Å². The molecule has 1 unspecified atom stereocenters. The first-order valence-corrected chi connectivity index (χ1v) is 7.72. The molecule has 0 heterocycles. The van der Waals surface area contributed by atoms with Crippen molar-refractivity contribution in [3.05, 3.63) is 41.0 Å². The molecule has 116 valence electrons. The van der Waals surface area contributed by atoms with Gasteiger partial charge in [0.05, 0.1) is 19.1 Å². The summed E-state index contributed by atoms with van der Waals surface area (Å²) in [6.45, 7) is 2.11. The van der Waals surface area contributed by atoms with Crippen molar-refractivity contribution in [2.75, 3.05) is 13.7 Å². The number of benzene rings is 1. The van der Waals surface area contributed by atoms with Crippen LogP contribution in [0.25, 0.3) is 0 Å². The highest BCUT2D eigenvalue weighted by Gasteiger charge is 2.49. The lowest BCUT2D eigenvalue weighted by Gasteiger charge is -2.34. The summed E-state index contributed by atoms with van der Waals surface area (Å²) in [6, 6.07) is 5.54. The number of aryl methyl sites for hydroxylation is 1. The van der Waals surface area contributed by atoms with Crippen molar-refractivity contribution in [3.63, 3.8) is 0 Å². The zero-order chi connectivity index (χ0) is 15.7. The first-order chi connectivity index (χ1) is 10.6. The van der Waals surface area contributed by atoms with Crippen LogP contribution in [-0.2, 0) is 16.0 Å². The van der Waals surface area contributed by atoms with Crippen LogP contribution in [0.2, 0.25) is 0 Å². The Morgan fingerprint density at radius 2 is 2.14 bits per heavy atom. The lowest BCUT2D eigenvalue weighted by Crippen LogP contribution is -2.38. The average Bonchev–Trinajstić information content (AvgIpc) is 2.96. The van der Waals surface area contributed by atoms with Gasteiger partial charge in [0.2, 0.25) is 0 Å². The quantitative estimate of drug-likeness (QED) is 0.805. The van der Waals surface area contributed by atoms with Crippen LogP contribution in [0.1, 0.15) is 42.1 Å². The minimum absolute atomic E-state index is 0.0493. The van der Waals surface area contributed by atoms with Crippen LogP contribution < -0.4 is 4.74 Å². The number of carbonyl (C=O) groups excluding carboxylic acids is 2. The fraction of sp³-hybridized carbons (Fsp3) is 0.444. The average molecular weight is 300 g/mol. The fourth-order valence-electron chi connectivity index (χ4n) is 3.62. The van der Waals surface area contributed by atoms with Gasteiger partial charge in [-0.2, -0.15) is 0 Å². The van der Waals surface area contributed by atoms with E-state index in [9.17, 15) is 9.59 Å². The van der Waals surface area contributed by atoms with Crippen LogP contribution in [0, 0.1) is 5.41 Å². The van der Waals surface area contributed by atoms with Crippen molar-refractivity contribution in [2.24, 2.45) is 5.41 Å². The SMILES string of the molecule is CCOC(=O)C1=CCCC12CCc1cc(OC)ccc1C2=O. The van der Waals surface area contributed by atoms with Crippen molar-refractivity contribution in [1.29, 1.82) is 0 Å². The maximum Gasteiger partial charge on any atom is 0.334 e. The first-order valence-electron chi connectivity index (χ1n) is 7.72. The molecule has 0 aliphatic heterocycles. The van der Waals surface area contributed by atoms with Gasteiger partial charge in [-0.05, 0) is 56.4 Å². The highest BCUT2D eigenvalue weighted by atomic mass is 16.5. The number of esters is 1. The summed E-state index contributed by atoms with van der Waals surface area (Å²) < 4.78 is 10.4. The van der Waals surface area contributed by atoms with Crippen LogP contribution >= 0.6 is 0 Å². The molecule has 4 nitrogen and oxygen atoms in total. The summed E-state index contributed by atoms with van der Waals surface area (Å²) in [5, 5.41) is 0. The lowest BCUT2D eigenvalue weighted by molar-refractivity contribution is -0.139. The standard InChI is InChI=1S/C18H20O4/c1-3-22-17(20)15-5-4-9-18(15)10-8-12-11-13(21-2)6-7-14(12)16(18)19/h5-7,11H,3-4,8-10H2,1-2H3. The minimum Gasteiger partial charge on any atom is -0.497 e. The van der Waals surface area contributed by atoms with E-state index in [1.807, 2.05) is 18.2 Å². The molecule has 4 heteroatoms. The number of ether oxygens (including phenoxy) is 2. The summed E-state index contributed by atoms with van der Waals surface area (Å²) in [5.74, 6) is 0.466. The number of allylic oxidation sites excluding steroid dienone is 1. The highest BCUT2D eigenvalue weighted by Crippen LogP contribution is 2.49. The molecule has 0 saturated carbocycles. The highest BCUT2D eigenvalue weighted by molar-refractivity contribution is 6.10. The van der Waals surface area contributed by atoms with Crippen molar-refractivity contribution in [1.82, 2.24) is 0 Å². The molecule has 0 N–H and O–H groups in total. The smallest absolute Gasteiger partial charge is 0.334 e. The molecule has 0 bridgehead atoms. The molecule has 0 fully saturated rings. The van der Waals surface area contributed by atoms with E-state index in [1.54, 1.807) is 20.1 Å². The number of hydrogen-bond donors (Lipinski definition) is 0. The van der Waals surface area contributed by atoms with E-state index < -0.39 is 5.41 Å². The van der Waals surface area contributed by atoms with Crippen molar-refractivity contribution >= 4 is 11.8 Å². The van der Waals surface area contributed by atoms with Crippen LogP contribution in [0.15, 0.2) is 29.8 Å². The van der Waals surface area contributed by atoms with E-state index in [0.717, 1.165) is 24.2 Å². The van der Waals surface area contributed by atoms with E-state index >= 15 is 0 Å². The van der Waals surface area contributed by atoms with E-state index in [2.05, 4.69) is 0 Å². The van der Waals surface area contributed by atoms with Crippen LogP contribution in [0.4, 0.5) is 0 Å². The molecule has 0 amide bonds. The van der Waals surface area contributed by atoms with E-state index in [0.29, 0.717) is 30.6 Å². The largest absolute Gasteiger partial charge is 0.497 e. The van der Waals surface area contributed by atoms with E-state index in [4.69, 9.17) is 9.47 Å². The second-order valence-corrected chi connectivity index (χ2v) is 5.81. The molecule has 1 aromatic rings. The van der Waals surface area contributed by atoms with Crippen LogP contribution in [-0.4, -0.2) is 25.5 Å².